The molecule has 0 radical (unpaired) electrons. The molecule has 3 fully saturated rings. The molecule has 3 heterocycles. The predicted molar refractivity (Wildman–Crippen MR) is 151 cm³/mol. The molecule has 1 atom stereocenters. The predicted octanol–water partition coefficient (Wildman–Crippen LogP) is 4.19. The number of anilines is 1. The van der Waals surface area contributed by atoms with Crippen LogP contribution in [0.15, 0.2) is 60.8 Å². The Bertz CT molecular complexity index is 1330. The highest BCUT2D eigenvalue weighted by molar-refractivity contribution is 5.89. The fourth-order valence-corrected chi connectivity index (χ4v) is 6.65. The number of aromatic nitrogens is 2. The van der Waals surface area contributed by atoms with E-state index in [1.807, 2.05) is 36.4 Å². The fourth-order valence-electron chi connectivity index (χ4n) is 6.65. The maximum Gasteiger partial charge on any atom is 0.231 e. The van der Waals surface area contributed by atoms with Crippen LogP contribution >= 0.6 is 0 Å². The number of ether oxygens (including phenoxy) is 1. The summed E-state index contributed by atoms with van der Waals surface area (Å²) in [7, 11) is 1.67. The number of hydrogen-bond acceptors (Lipinski definition) is 7. The van der Waals surface area contributed by atoms with E-state index >= 15 is 0 Å². The first-order chi connectivity index (χ1) is 19.0. The number of phenols is 1. The maximum atomic E-state index is 14.2. The Morgan fingerprint density at radius 3 is 2.67 bits per heavy atom. The third kappa shape index (κ3) is 4.93. The molecule has 3 aliphatic rings. The number of phenolic OH excluding ortho intramolecular Hbond substituents is 1. The number of rotatable bonds is 6. The van der Waals surface area contributed by atoms with Crippen molar-refractivity contribution in [1.82, 2.24) is 20.8 Å². The standard InChI is InChI=1S/C31H37N5O3/c1-39-25-7-4-6-22(18-25)31(29(38)34-23-10-15-32-30(20-23)11-5-12-30)13-16-36(17-14-31)24-19-27(35-33-21-24)26-8-2-3-9-28(26)37/h2-4,6-9,18-19,21,23,32,37H,5,10-17,20H2,1H3,(H,34,38). The van der Waals surface area contributed by atoms with Crippen molar-refractivity contribution in [2.24, 2.45) is 0 Å². The molecule has 3 N–H and O–H groups in total. The Labute approximate surface area is 229 Å². The lowest BCUT2D eigenvalue weighted by Crippen LogP contribution is -2.61. The van der Waals surface area contributed by atoms with Crippen LogP contribution in [0.1, 0.15) is 50.5 Å². The van der Waals surface area contributed by atoms with Gasteiger partial charge in [-0.05, 0) is 87.4 Å². The molecular formula is C31H37N5O3. The Morgan fingerprint density at radius 1 is 1.10 bits per heavy atom. The molecular weight excluding hydrogens is 490 g/mol. The van der Waals surface area contributed by atoms with Crippen LogP contribution in [0, 0.1) is 0 Å². The highest BCUT2D eigenvalue weighted by Gasteiger charge is 2.46. The molecule has 1 aliphatic carbocycles. The van der Waals surface area contributed by atoms with Crippen molar-refractivity contribution in [1.29, 1.82) is 0 Å². The van der Waals surface area contributed by atoms with Crippen molar-refractivity contribution in [2.75, 3.05) is 31.6 Å². The second-order valence-electron chi connectivity index (χ2n) is 11.3. The van der Waals surface area contributed by atoms with Crippen LogP contribution < -0.4 is 20.3 Å². The van der Waals surface area contributed by atoms with Gasteiger partial charge in [-0.1, -0.05) is 24.3 Å². The lowest BCUT2D eigenvalue weighted by Gasteiger charge is -2.49. The van der Waals surface area contributed by atoms with Crippen LogP contribution in [0.2, 0.25) is 0 Å². The van der Waals surface area contributed by atoms with E-state index in [1.54, 1.807) is 25.4 Å². The van der Waals surface area contributed by atoms with Crippen molar-refractivity contribution in [3.8, 4) is 22.8 Å². The van der Waals surface area contributed by atoms with Gasteiger partial charge in [0.25, 0.3) is 0 Å². The topological polar surface area (TPSA) is 99.6 Å². The molecule has 0 bridgehead atoms. The minimum Gasteiger partial charge on any atom is -0.507 e. The fraction of sp³-hybridized carbons (Fsp3) is 0.452. The lowest BCUT2D eigenvalue weighted by atomic mass is 9.69. The zero-order chi connectivity index (χ0) is 26.9. The molecule has 1 aromatic heterocycles. The third-order valence-electron chi connectivity index (χ3n) is 9.14. The van der Waals surface area contributed by atoms with E-state index in [1.165, 1.54) is 19.3 Å². The monoisotopic (exact) mass is 527 g/mol. The molecule has 2 aliphatic heterocycles. The number of benzene rings is 2. The number of piperidine rings is 2. The number of para-hydroxylation sites is 1. The number of hydrogen-bond donors (Lipinski definition) is 3. The van der Waals surface area contributed by atoms with Gasteiger partial charge in [0.05, 0.1) is 30.1 Å². The molecule has 1 saturated carbocycles. The molecule has 1 spiro atoms. The summed E-state index contributed by atoms with van der Waals surface area (Å²) in [6.45, 7) is 2.36. The number of carbonyl (C=O) groups is 1. The smallest absolute Gasteiger partial charge is 0.231 e. The summed E-state index contributed by atoms with van der Waals surface area (Å²) in [5, 5.41) is 26.0. The van der Waals surface area contributed by atoms with Crippen LogP contribution in [-0.2, 0) is 10.2 Å². The summed E-state index contributed by atoms with van der Waals surface area (Å²) >= 11 is 0. The van der Waals surface area contributed by atoms with Crippen LogP contribution in [0.4, 0.5) is 5.69 Å². The Hall–Kier alpha value is -3.65. The molecule has 2 aromatic carbocycles. The van der Waals surface area contributed by atoms with Crippen molar-refractivity contribution in [3.05, 3.63) is 66.4 Å². The van der Waals surface area contributed by atoms with E-state index < -0.39 is 5.41 Å². The number of amides is 1. The number of aromatic hydroxyl groups is 1. The van der Waals surface area contributed by atoms with Gasteiger partial charge in [0, 0.05) is 30.2 Å². The van der Waals surface area contributed by atoms with Crippen LogP contribution in [0.3, 0.4) is 0 Å². The molecule has 204 valence electrons. The van der Waals surface area contributed by atoms with Crippen LogP contribution in [0.25, 0.3) is 11.3 Å². The minimum absolute atomic E-state index is 0.125. The van der Waals surface area contributed by atoms with Crippen molar-refractivity contribution >= 4 is 11.6 Å². The van der Waals surface area contributed by atoms with Crippen molar-refractivity contribution in [3.63, 3.8) is 0 Å². The Kier molecular flexibility index (Phi) is 6.89. The Morgan fingerprint density at radius 2 is 1.92 bits per heavy atom. The largest absolute Gasteiger partial charge is 0.507 e. The molecule has 3 aromatic rings. The quantitative estimate of drug-likeness (QED) is 0.442. The third-order valence-corrected chi connectivity index (χ3v) is 9.14. The van der Waals surface area contributed by atoms with Gasteiger partial charge in [-0.15, -0.1) is 0 Å². The molecule has 39 heavy (non-hydrogen) atoms. The van der Waals surface area contributed by atoms with E-state index in [0.717, 1.165) is 36.4 Å². The van der Waals surface area contributed by atoms with E-state index in [-0.39, 0.29) is 23.2 Å². The number of carbonyl (C=O) groups excluding carboxylic acids is 1. The first-order valence-corrected chi connectivity index (χ1v) is 14.1. The van der Waals surface area contributed by atoms with Crippen molar-refractivity contribution < 1.29 is 14.6 Å². The molecule has 1 amide bonds. The SMILES string of the molecule is COc1cccc(C2(C(=O)NC3CCNC4(CCC4)C3)CCN(c3cnnc(-c4ccccc4O)c3)CC2)c1. The minimum atomic E-state index is -0.635. The zero-order valence-electron chi connectivity index (χ0n) is 22.5. The van der Waals surface area contributed by atoms with Crippen LogP contribution in [0.5, 0.6) is 11.5 Å². The van der Waals surface area contributed by atoms with Gasteiger partial charge in [0.1, 0.15) is 11.5 Å². The highest BCUT2D eigenvalue weighted by atomic mass is 16.5. The number of methoxy groups -OCH3 is 1. The summed E-state index contributed by atoms with van der Waals surface area (Å²) in [6, 6.07) is 17.3. The van der Waals surface area contributed by atoms with Gasteiger partial charge in [-0.25, -0.2) is 0 Å². The normalized spacial score (nSPS) is 21.7. The van der Waals surface area contributed by atoms with Gasteiger partial charge in [-0.3, -0.25) is 4.79 Å². The van der Waals surface area contributed by atoms with Gasteiger partial charge in [0.15, 0.2) is 0 Å². The molecule has 2 saturated heterocycles. The van der Waals surface area contributed by atoms with Crippen LogP contribution in [-0.4, -0.2) is 59.5 Å². The first-order valence-electron chi connectivity index (χ1n) is 14.1. The van der Waals surface area contributed by atoms with Gasteiger partial charge in [-0.2, -0.15) is 10.2 Å². The zero-order valence-corrected chi connectivity index (χ0v) is 22.5. The maximum absolute atomic E-state index is 14.2. The second kappa shape index (κ2) is 10.5. The summed E-state index contributed by atoms with van der Waals surface area (Å²) in [6.07, 6.45) is 8.77. The Balaban J connectivity index is 1.24. The highest BCUT2D eigenvalue weighted by Crippen LogP contribution is 2.41. The van der Waals surface area contributed by atoms with Gasteiger partial charge >= 0.3 is 0 Å². The average molecular weight is 528 g/mol. The first kappa shape index (κ1) is 25.6. The van der Waals surface area contributed by atoms with E-state index in [4.69, 9.17) is 4.74 Å². The van der Waals surface area contributed by atoms with Gasteiger partial charge in [0.2, 0.25) is 5.91 Å². The second-order valence-corrected chi connectivity index (χ2v) is 11.3. The number of nitrogens with one attached hydrogen (secondary N) is 2. The average Bonchev–Trinajstić information content (AvgIpc) is 2.97. The van der Waals surface area contributed by atoms with E-state index in [9.17, 15) is 9.90 Å². The summed E-state index contributed by atoms with van der Waals surface area (Å²) < 4.78 is 5.54. The lowest BCUT2D eigenvalue weighted by molar-refractivity contribution is -0.128. The van der Waals surface area contributed by atoms with Gasteiger partial charge < -0.3 is 25.4 Å². The molecule has 8 heteroatoms. The summed E-state index contributed by atoms with van der Waals surface area (Å²) in [4.78, 5) is 16.4. The summed E-state index contributed by atoms with van der Waals surface area (Å²) in [5.74, 6) is 1.07. The molecule has 8 nitrogen and oxygen atoms in total. The van der Waals surface area contributed by atoms with Crippen molar-refractivity contribution in [2.45, 2.75) is 61.9 Å². The summed E-state index contributed by atoms with van der Waals surface area (Å²) in [5.41, 5.74) is 2.82. The van der Waals surface area contributed by atoms with E-state index in [2.05, 4.69) is 31.8 Å². The van der Waals surface area contributed by atoms with E-state index in [0.29, 0.717) is 37.2 Å². The molecule has 1 unspecified atom stereocenters. The number of nitrogens with zero attached hydrogens (tertiary/aromatic N) is 3. The molecule has 6 rings (SSSR count).